The van der Waals surface area contributed by atoms with E-state index in [-0.39, 0.29) is 0 Å². The van der Waals surface area contributed by atoms with Gasteiger partial charge in [0.25, 0.3) is 0 Å². The lowest BCUT2D eigenvalue weighted by atomic mass is 10.2. The van der Waals surface area contributed by atoms with E-state index in [1.807, 2.05) is 26.2 Å². The number of anilines is 2. The highest BCUT2D eigenvalue weighted by Crippen LogP contribution is 2.43. The van der Waals surface area contributed by atoms with Gasteiger partial charge < -0.3 is 30.0 Å². The molecule has 4 rings (SSSR count). The molecule has 2 aromatic heterocycles. The van der Waals surface area contributed by atoms with Crippen LogP contribution in [0.15, 0.2) is 28.5 Å². The van der Waals surface area contributed by atoms with Crippen LogP contribution in [0.1, 0.15) is 13.8 Å². The molecule has 1 aliphatic heterocycles. The molecule has 166 valence electrons. The summed E-state index contributed by atoms with van der Waals surface area (Å²) >= 11 is 1.56. The SMILES string of the molecule is CC(C)CNCCn1c(Sc2cc3c(cc2N(C)C)OCCO3)nc2c(N)ncnc21. The molecule has 0 spiro atoms. The summed E-state index contributed by atoms with van der Waals surface area (Å²) in [5, 5.41) is 4.30. The van der Waals surface area contributed by atoms with Crippen molar-refractivity contribution in [1.29, 1.82) is 0 Å². The number of fused-ring (bicyclic) bond motifs is 2. The zero-order valence-corrected chi connectivity index (χ0v) is 19.2. The molecular formula is C21H29N7O2S. The maximum Gasteiger partial charge on any atom is 0.175 e. The molecule has 31 heavy (non-hydrogen) atoms. The molecule has 3 heterocycles. The van der Waals surface area contributed by atoms with Crippen molar-refractivity contribution >= 4 is 34.4 Å². The van der Waals surface area contributed by atoms with E-state index in [1.165, 1.54) is 6.33 Å². The molecule has 0 atom stereocenters. The first-order chi connectivity index (χ1) is 14.9. The minimum Gasteiger partial charge on any atom is -0.486 e. The quantitative estimate of drug-likeness (QED) is 0.509. The average Bonchev–Trinajstić information content (AvgIpc) is 3.09. The lowest BCUT2D eigenvalue weighted by Gasteiger charge is -2.23. The van der Waals surface area contributed by atoms with Crippen LogP contribution >= 0.6 is 11.8 Å². The minimum absolute atomic E-state index is 0.385. The van der Waals surface area contributed by atoms with Crippen molar-refractivity contribution in [2.75, 3.05) is 51.0 Å². The zero-order chi connectivity index (χ0) is 22.0. The molecule has 1 aromatic carbocycles. The van der Waals surface area contributed by atoms with Gasteiger partial charge in [0.1, 0.15) is 19.5 Å². The minimum atomic E-state index is 0.385. The molecule has 0 radical (unpaired) electrons. The maximum absolute atomic E-state index is 6.10. The van der Waals surface area contributed by atoms with E-state index < -0.39 is 0 Å². The Kier molecular flexibility index (Phi) is 6.38. The molecule has 0 unspecified atom stereocenters. The van der Waals surface area contributed by atoms with E-state index in [9.17, 15) is 0 Å². The summed E-state index contributed by atoms with van der Waals surface area (Å²) in [4.78, 5) is 16.4. The van der Waals surface area contributed by atoms with Crippen LogP contribution in [0.25, 0.3) is 11.2 Å². The van der Waals surface area contributed by atoms with Crippen molar-refractivity contribution in [2.24, 2.45) is 5.92 Å². The third-order valence-electron chi connectivity index (χ3n) is 4.90. The molecule has 0 fully saturated rings. The van der Waals surface area contributed by atoms with Gasteiger partial charge in [-0.15, -0.1) is 0 Å². The summed E-state index contributed by atoms with van der Waals surface area (Å²) < 4.78 is 13.7. The maximum atomic E-state index is 6.10. The van der Waals surface area contributed by atoms with E-state index >= 15 is 0 Å². The van der Waals surface area contributed by atoms with Crippen molar-refractivity contribution < 1.29 is 9.47 Å². The molecule has 0 bridgehead atoms. The average molecular weight is 444 g/mol. The second-order valence-corrected chi connectivity index (χ2v) is 9.04. The molecule has 0 saturated heterocycles. The molecule has 0 saturated carbocycles. The lowest BCUT2D eigenvalue weighted by Crippen LogP contribution is -2.24. The van der Waals surface area contributed by atoms with Gasteiger partial charge in [-0.05, 0) is 24.2 Å². The summed E-state index contributed by atoms with van der Waals surface area (Å²) in [5.74, 6) is 2.49. The van der Waals surface area contributed by atoms with Gasteiger partial charge in [0.15, 0.2) is 33.6 Å². The Morgan fingerprint density at radius 1 is 1.19 bits per heavy atom. The fourth-order valence-electron chi connectivity index (χ4n) is 3.38. The van der Waals surface area contributed by atoms with E-state index in [0.717, 1.165) is 52.5 Å². The number of benzene rings is 1. The first-order valence-electron chi connectivity index (χ1n) is 10.4. The highest BCUT2D eigenvalue weighted by atomic mass is 32.2. The normalized spacial score (nSPS) is 13.2. The van der Waals surface area contributed by atoms with Gasteiger partial charge in [-0.3, -0.25) is 0 Å². The number of nitrogens with one attached hydrogen (secondary N) is 1. The lowest BCUT2D eigenvalue weighted by molar-refractivity contribution is 0.171. The number of hydrogen-bond donors (Lipinski definition) is 2. The summed E-state index contributed by atoms with van der Waals surface area (Å²) in [6.45, 7) is 7.98. The molecule has 3 aromatic rings. The number of imidazole rings is 1. The molecule has 0 aliphatic carbocycles. The van der Waals surface area contributed by atoms with Gasteiger partial charge in [-0.1, -0.05) is 13.8 Å². The van der Waals surface area contributed by atoms with Crippen molar-refractivity contribution in [3.63, 3.8) is 0 Å². The standard InChI is InChI=1S/C21H29N7O2S/c1-13(2)11-23-5-6-28-20-18(19(22)24-12-25-20)26-21(28)31-17-10-16-15(29-7-8-30-16)9-14(17)27(3)4/h9-10,12-13,23H,5-8,11H2,1-4H3,(H2,22,24,25). The van der Waals surface area contributed by atoms with E-state index in [4.69, 9.17) is 20.2 Å². The molecule has 9 nitrogen and oxygen atoms in total. The van der Waals surface area contributed by atoms with E-state index in [2.05, 4.69) is 38.6 Å². The van der Waals surface area contributed by atoms with Crippen molar-refractivity contribution in [2.45, 2.75) is 30.4 Å². The van der Waals surface area contributed by atoms with Crippen LogP contribution in [-0.4, -0.2) is 59.9 Å². The highest BCUT2D eigenvalue weighted by molar-refractivity contribution is 7.99. The van der Waals surface area contributed by atoms with E-state index in [1.54, 1.807) is 11.8 Å². The molecule has 3 N–H and O–H groups in total. The van der Waals surface area contributed by atoms with Crippen LogP contribution in [-0.2, 0) is 6.54 Å². The fourth-order valence-corrected chi connectivity index (χ4v) is 4.52. The molecule has 10 heteroatoms. The largest absolute Gasteiger partial charge is 0.486 e. The molecule has 0 amide bonds. The number of hydrogen-bond acceptors (Lipinski definition) is 9. The predicted octanol–water partition coefficient (Wildman–Crippen LogP) is 2.64. The van der Waals surface area contributed by atoms with Crippen LogP contribution in [0, 0.1) is 5.92 Å². The van der Waals surface area contributed by atoms with Crippen molar-refractivity contribution in [3.8, 4) is 11.5 Å². The van der Waals surface area contributed by atoms with Crippen LogP contribution in [0.3, 0.4) is 0 Å². The van der Waals surface area contributed by atoms with Crippen LogP contribution in [0.5, 0.6) is 11.5 Å². The number of nitrogens with two attached hydrogens (primary N) is 1. The summed E-state index contributed by atoms with van der Waals surface area (Å²) in [5.41, 5.74) is 8.50. The van der Waals surface area contributed by atoms with Gasteiger partial charge in [0.2, 0.25) is 0 Å². The van der Waals surface area contributed by atoms with Gasteiger partial charge >= 0.3 is 0 Å². The first-order valence-corrected chi connectivity index (χ1v) is 11.2. The smallest absolute Gasteiger partial charge is 0.175 e. The van der Waals surface area contributed by atoms with Gasteiger partial charge in [-0.25, -0.2) is 15.0 Å². The second-order valence-electron chi connectivity index (χ2n) is 8.04. The highest BCUT2D eigenvalue weighted by Gasteiger charge is 2.21. The van der Waals surface area contributed by atoms with Crippen LogP contribution in [0.2, 0.25) is 0 Å². The molecular weight excluding hydrogens is 414 g/mol. The van der Waals surface area contributed by atoms with Crippen LogP contribution < -0.4 is 25.4 Å². The Morgan fingerprint density at radius 3 is 2.65 bits per heavy atom. The van der Waals surface area contributed by atoms with Gasteiger partial charge in [0, 0.05) is 44.2 Å². The Morgan fingerprint density at radius 2 is 1.94 bits per heavy atom. The van der Waals surface area contributed by atoms with Crippen molar-refractivity contribution in [3.05, 3.63) is 18.5 Å². The Labute approximate surface area is 186 Å². The predicted molar refractivity (Wildman–Crippen MR) is 123 cm³/mol. The number of nitrogen functional groups attached to an aromatic ring is 1. The number of nitrogens with zero attached hydrogens (tertiary/aromatic N) is 5. The summed E-state index contributed by atoms with van der Waals surface area (Å²) in [7, 11) is 4.02. The van der Waals surface area contributed by atoms with E-state index in [0.29, 0.717) is 30.5 Å². The van der Waals surface area contributed by atoms with Crippen LogP contribution in [0.4, 0.5) is 11.5 Å². The second kappa shape index (κ2) is 9.19. The summed E-state index contributed by atoms with van der Waals surface area (Å²) in [6.07, 6.45) is 1.49. The van der Waals surface area contributed by atoms with Gasteiger partial charge in [-0.2, -0.15) is 0 Å². The van der Waals surface area contributed by atoms with Gasteiger partial charge in [0.05, 0.1) is 5.69 Å². The Hall–Kier alpha value is -2.72. The Bertz CT molecular complexity index is 1070. The molecule has 1 aliphatic rings. The topological polar surface area (TPSA) is 103 Å². The number of aromatic nitrogens is 4. The number of rotatable bonds is 8. The summed E-state index contributed by atoms with van der Waals surface area (Å²) in [6, 6.07) is 4.03. The third kappa shape index (κ3) is 4.64. The first kappa shape index (κ1) is 21.5. The number of ether oxygens (including phenoxy) is 2. The zero-order valence-electron chi connectivity index (χ0n) is 18.4. The monoisotopic (exact) mass is 443 g/mol. The third-order valence-corrected chi connectivity index (χ3v) is 5.94. The van der Waals surface area contributed by atoms with Crippen molar-refractivity contribution in [1.82, 2.24) is 24.8 Å². The fraction of sp³-hybridized carbons (Fsp3) is 0.476. The Balaban J connectivity index is 1.70.